The number of rotatable bonds is 3. The molecule has 9 aromatic rings. The number of benzene rings is 8. The summed E-state index contributed by atoms with van der Waals surface area (Å²) >= 11 is 0. The van der Waals surface area contributed by atoms with E-state index in [0.29, 0.717) is 0 Å². The number of nitrogens with one attached hydrogen (secondary N) is 1. The van der Waals surface area contributed by atoms with Crippen LogP contribution >= 0.6 is 0 Å². The third kappa shape index (κ3) is 5.74. The minimum atomic E-state index is -0.177. The van der Waals surface area contributed by atoms with Crippen LogP contribution in [0.1, 0.15) is 153 Å². The van der Waals surface area contributed by atoms with Crippen LogP contribution in [0.3, 0.4) is 0 Å². The molecule has 0 saturated heterocycles. The van der Waals surface area contributed by atoms with Crippen molar-refractivity contribution in [2.45, 2.75) is 135 Å². The lowest BCUT2D eigenvalue weighted by molar-refractivity contribution is 0.331. The average molecular weight is 935 g/mol. The number of aromatic nitrogens is 1. The maximum Gasteiger partial charge on any atom is 0.198 e. The van der Waals surface area contributed by atoms with Crippen molar-refractivity contribution in [2.75, 3.05) is 5.32 Å². The Kier molecular flexibility index (Phi) is 8.54. The maximum atomic E-state index is 4.10. The molecule has 356 valence electrons. The third-order valence-corrected chi connectivity index (χ3v) is 19.2. The second-order valence-corrected chi connectivity index (χ2v) is 26.5. The second kappa shape index (κ2) is 13.9. The molecule has 8 aromatic carbocycles. The summed E-state index contributed by atoms with van der Waals surface area (Å²) in [6.07, 6.45) is 2.40. The monoisotopic (exact) mass is 935 g/mol. The summed E-state index contributed by atoms with van der Waals surface area (Å²) in [5, 5.41) is 6.76. The minimum Gasteiger partial charge on any atom is -0.355 e. The smallest absolute Gasteiger partial charge is 0.198 e. The normalized spacial score (nSPS) is 18.1. The Bertz CT molecular complexity index is 3910. The van der Waals surface area contributed by atoms with Crippen molar-refractivity contribution in [1.29, 1.82) is 0 Å². The summed E-state index contributed by atoms with van der Waals surface area (Å²) in [5.74, 6) is 0. The average Bonchev–Trinajstić information content (AvgIpc) is 3.95. The maximum absolute atomic E-state index is 4.10. The fourth-order valence-corrected chi connectivity index (χ4v) is 14.7. The Morgan fingerprint density at radius 1 is 0.444 bits per heavy atom. The van der Waals surface area contributed by atoms with E-state index in [2.05, 4.69) is 233 Å². The number of hydrogen-bond acceptors (Lipinski definition) is 1. The Morgan fingerprint density at radius 2 is 0.986 bits per heavy atom. The predicted octanol–water partition coefficient (Wildman–Crippen LogP) is 16.5. The van der Waals surface area contributed by atoms with E-state index in [1.54, 1.807) is 0 Å². The highest BCUT2D eigenvalue weighted by molar-refractivity contribution is 6.73. The summed E-state index contributed by atoms with van der Waals surface area (Å²) in [5.41, 5.74) is 32.7. The summed E-state index contributed by atoms with van der Waals surface area (Å²) < 4.78 is 2.69. The molecule has 3 heteroatoms. The Labute approximate surface area is 428 Å². The van der Waals surface area contributed by atoms with Crippen molar-refractivity contribution in [3.05, 3.63) is 184 Å². The van der Waals surface area contributed by atoms with E-state index in [4.69, 9.17) is 0 Å². The van der Waals surface area contributed by atoms with Crippen molar-refractivity contribution < 1.29 is 0 Å². The van der Waals surface area contributed by atoms with Gasteiger partial charge in [-0.2, -0.15) is 0 Å². The van der Waals surface area contributed by atoms with Gasteiger partial charge in [-0.3, -0.25) is 0 Å². The molecule has 0 amide bonds. The number of fused-ring (bicyclic) bond motifs is 15. The fraction of sp³-hybridized carbons (Fsp3) is 0.304. The van der Waals surface area contributed by atoms with Gasteiger partial charge in [0.05, 0.1) is 5.52 Å². The Morgan fingerprint density at radius 3 is 1.64 bits per heavy atom. The largest absolute Gasteiger partial charge is 0.355 e. The van der Waals surface area contributed by atoms with Gasteiger partial charge in [0.2, 0.25) is 0 Å². The number of nitrogens with zero attached hydrogens (tertiary/aromatic N) is 1. The van der Waals surface area contributed by atoms with Gasteiger partial charge in [0.1, 0.15) is 0 Å². The van der Waals surface area contributed by atoms with Crippen LogP contribution in [0.4, 0.5) is 11.4 Å². The van der Waals surface area contributed by atoms with Gasteiger partial charge in [0, 0.05) is 55.2 Å². The zero-order valence-electron chi connectivity index (χ0n) is 44.8. The highest BCUT2D eigenvalue weighted by Gasteiger charge is 2.44. The lowest BCUT2D eigenvalue weighted by atomic mass is 9.58. The molecule has 0 unspecified atom stereocenters. The molecular weight excluding hydrogens is 868 g/mol. The van der Waals surface area contributed by atoms with Crippen molar-refractivity contribution >= 4 is 51.4 Å². The van der Waals surface area contributed by atoms with E-state index in [-0.39, 0.29) is 32.5 Å². The van der Waals surface area contributed by atoms with Crippen molar-refractivity contribution in [3.8, 4) is 50.2 Å². The van der Waals surface area contributed by atoms with E-state index >= 15 is 0 Å². The van der Waals surface area contributed by atoms with E-state index in [0.717, 1.165) is 18.7 Å². The molecule has 1 N–H and O–H groups in total. The summed E-state index contributed by atoms with van der Waals surface area (Å²) in [4.78, 5) is 0. The molecule has 2 heterocycles. The van der Waals surface area contributed by atoms with Crippen LogP contribution in [0, 0.1) is 0 Å². The van der Waals surface area contributed by atoms with Crippen molar-refractivity contribution in [3.63, 3.8) is 0 Å². The highest BCUT2D eigenvalue weighted by atomic mass is 15.0. The van der Waals surface area contributed by atoms with Gasteiger partial charge in [-0.25, -0.2) is 0 Å². The predicted molar refractivity (Wildman–Crippen MR) is 309 cm³/mol. The van der Waals surface area contributed by atoms with Gasteiger partial charge in [-0.05, 0) is 172 Å². The molecule has 0 spiro atoms. The Balaban J connectivity index is 1.06. The fourth-order valence-electron chi connectivity index (χ4n) is 14.7. The summed E-state index contributed by atoms with van der Waals surface area (Å²) in [6, 6.07) is 53.0. The van der Waals surface area contributed by atoms with Gasteiger partial charge in [-0.15, -0.1) is 0 Å². The molecule has 1 aliphatic heterocycles. The van der Waals surface area contributed by atoms with Gasteiger partial charge in [0.15, 0.2) is 7.28 Å². The van der Waals surface area contributed by atoms with Crippen LogP contribution in [-0.4, -0.2) is 11.8 Å². The third-order valence-electron chi connectivity index (χ3n) is 19.2. The zero-order valence-corrected chi connectivity index (χ0v) is 44.8. The van der Waals surface area contributed by atoms with Crippen LogP contribution in [0.5, 0.6) is 0 Å². The van der Waals surface area contributed by atoms with Crippen LogP contribution in [-0.2, 0) is 32.5 Å². The van der Waals surface area contributed by atoms with Gasteiger partial charge in [0.25, 0.3) is 0 Å². The quantitative estimate of drug-likeness (QED) is 0.175. The van der Waals surface area contributed by atoms with E-state index < -0.39 is 0 Å². The molecule has 5 aliphatic rings. The van der Waals surface area contributed by atoms with E-state index in [1.165, 1.54) is 146 Å². The number of hydrogen-bond donors (Lipinski definition) is 1. The minimum absolute atomic E-state index is 0.0690. The SMILES string of the molecule is CC(C)(C)c1ccc(Nc2cc3c(cc2-c2ccc4c5cc6c(cc5n5c4c2Bc2cc4c(cc2-5)-c2ccccc2C4(C)C)C(C)(C)c2ccccc2-6)-c2cc4c(cc2C3(C)C)C(C)(C)CCC4(C)C)cc1. The molecule has 0 radical (unpaired) electrons. The first kappa shape index (κ1) is 44.2. The Hall–Kier alpha value is -6.58. The summed E-state index contributed by atoms with van der Waals surface area (Å²) in [6.45, 7) is 31.4. The molecule has 1 aromatic heterocycles. The van der Waals surface area contributed by atoms with Gasteiger partial charge < -0.3 is 9.88 Å². The zero-order chi connectivity index (χ0) is 50.0. The van der Waals surface area contributed by atoms with Crippen LogP contribution in [0.25, 0.3) is 72.0 Å². The molecule has 2 nitrogen and oxygen atoms in total. The second-order valence-electron chi connectivity index (χ2n) is 26.5. The van der Waals surface area contributed by atoms with Crippen molar-refractivity contribution in [1.82, 2.24) is 4.57 Å². The molecule has 4 aliphatic carbocycles. The number of anilines is 2. The summed E-state index contributed by atoms with van der Waals surface area (Å²) in [7, 11) is 0.849. The van der Waals surface area contributed by atoms with Crippen LogP contribution in [0.2, 0.25) is 0 Å². The molecule has 0 bridgehead atoms. The lowest BCUT2D eigenvalue weighted by Gasteiger charge is -2.42. The van der Waals surface area contributed by atoms with Crippen LogP contribution in [0.15, 0.2) is 133 Å². The molecule has 0 saturated carbocycles. The lowest BCUT2D eigenvalue weighted by Crippen LogP contribution is -2.38. The molecule has 0 atom stereocenters. The van der Waals surface area contributed by atoms with E-state index in [9.17, 15) is 0 Å². The topological polar surface area (TPSA) is 17.0 Å². The first-order chi connectivity index (χ1) is 34.1. The standard InChI is InChI=1S/C69H67BN2/c1-64(2,3)38-22-24-39(25-23-38)71-59-36-54-45(46-32-56-57(34-52(46)69(54,12)13)66(6,7)29-28-65(56,4)5)30-48(59)42-26-27-43-49-31-44-40-18-14-16-20-50(40)68(10,11)55(44)37-60(49)72-61-33-47-41-19-15-17-21-51(41)67(8,9)53(47)35-58(61)70-62(42)63(43)72/h14-27,30-37,70-71H,28-29H2,1-13H3. The molecule has 0 fully saturated rings. The van der Waals surface area contributed by atoms with Crippen molar-refractivity contribution in [2.24, 2.45) is 0 Å². The molecule has 14 rings (SSSR count). The highest BCUT2D eigenvalue weighted by Crippen LogP contribution is 2.57. The van der Waals surface area contributed by atoms with Gasteiger partial charge in [-0.1, -0.05) is 180 Å². The first-order valence-electron chi connectivity index (χ1n) is 26.8. The first-order valence-corrected chi connectivity index (χ1v) is 26.8. The van der Waals surface area contributed by atoms with Crippen LogP contribution < -0.4 is 16.2 Å². The van der Waals surface area contributed by atoms with E-state index in [1.807, 2.05) is 0 Å². The molecule has 72 heavy (non-hydrogen) atoms. The molecular formula is C69H67BN2. The van der Waals surface area contributed by atoms with Gasteiger partial charge >= 0.3 is 0 Å².